The van der Waals surface area contributed by atoms with Crippen molar-refractivity contribution in [2.24, 2.45) is 0 Å². The highest BCUT2D eigenvalue weighted by Crippen LogP contribution is 2.35. The van der Waals surface area contributed by atoms with E-state index in [9.17, 15) is 4.79 Å². The molecule has 0 radical (unpaired) electrons. The summed E-state index contributed by atoms with van der Waals surface area (Å²) < 4.78 is 0. The average Bonchev–Trinajstić information content (AvgIpc) is 2.78. The highest BCUT2D eigenvalue weighted by molar-refractivity contribution is 5.99. The van der Waals surface area contributed by atoms with Gasteiger partial charge in [0.25, 0.3) is 5.91 Å². The van der Waals surface area contributed by atoms with E-state index in [1.807, 2.05) is 25.1 Å². The van der Waals surface area contributed by atoms with E-state index in [1.165, 1.54) is 30.4 Å². The first-order valence-corrected chi connectivity index (χ1v) is 11.7. The number of carbonyl (C=O) groups excluding carboxylic acids is 1. The molecule has 1 amide bonds. The molecule has 0 atom stereocenters. The molecule has 0 bridgehead atoms. The van der Waals surface area contributed by atoms with Crippen LogP contribution in [0.4, 0.5) is 23.3 Å². The van der Waals surface area contributed by atoms with Gasteiger partial charge in [0.1, 0.15) is 17.2 Å². The Kier molecular flexibility index (Phi) is 6.17. The standard InChI is InChI=1S/C25H29N7O/c1-2-27-24(33)20-15-28-25(29-19-10-9-16-11-12-26-14-18(16)13-19)32-23(20)31-22-8-4-7-21(30-22)17-5-3-6-17/h4,7-10,13,15,17,26H,2-3,5-6,11-12,14H2,1H3,(H,27,33)(H2,28,29,30,31,32). The molecule has 1 saturated carbocycles. The number of hydrogen-bond acceptors (Lipinski definition) is 7. The normalized spacial score (nSPS) is 15.3. The van der Waals surface area contributed by atoms with Crippen LogP contribution in [0.3, 0.4) is 0 Å². The molecule has 0 saturated heterocycles. The highest BCUT2D eigenvalue weighted by atomic mass is 16.1. The number of benzene rings is 1. The van der Waals surface area contributed by atoms with Gasteiger partial charge in [-0.2, -0.15) is 4.98 Å². The Hall–Kier alpha value is -3.52. The van der Waals surface area contributed by atoms with Crippen molar-refractivity contribution in [2.75, 3.05) is 23.7 Å². The van der Waals surface area contributed by atoms with Gasteiger partial charge in [-0.15, -0.1) is 0 Å². The number of hydrogen-bond donors (Lipinski definition) is 4. The van der Waals surface area contributed by atoms with Crippen molar-refractivity contribution in [3.63, 3.8) is 0 Å². The zero-order chi connectivity index (χ0) is 22.6. The van der Waals surface area contributed by atoms with Gasteiger partial charge >= 0.3 is 0 Å². The first-order valence-electron chi connectivity index (χ1n) is 11.7. The van der Waals surface area contributed by atoms with Crippen molar-refractivity contribution < 1.29 is 4.79 Å². The second-order valence-corrected chi connectivity index (χ2v) is 8.55. The van der Waals surface area contributed by atoms with E-state index in [0.29, 0.717) is 35.6 Å². The van der Waals surface area contributed by atoms with E-state index >= 15 is 0 Å². The fourth-order valence-corrected chi connectivity index (χ4v) is 4.22. The maximum absolute atomic E-state index is 12.6. The van der Waals surface area contributed by atoms with Crippen LogP contribution in [0.5, 0.6) is 0 Å². The summed E-state index contributed by atoms with van der Waals surface area (Å²) in [6, 6.07) is 12.3. The molecular formula is C25H29N7O. The Bertz CT molecular complexity index is 1160. The lowest BCUT2D eigenvalue weighted by Crippen LogP contribution is -2.24. The van der Waals surface area contributed by atoms with Gasteiger partial charge in [0.05, 0.1) is 0 Å². The van der Waals surface area contributed by atoms with Crippen LogP contribution >= 0.6 is 0 Å². The summed E-state index contributed by atoms with van der Waals surface area (Å²) in [4.78, 5) is 26.4. The molecule has 2 aliphatic rings. The summed E-state index contributed by atoms with van der Waals surface area (Å²) in [5, 5.41) is 12.8. The van der Waals surface area contributed by atoms with Crippen molar-refractivity contribution in [1.29, 1.82) is 0 Å². The highest BCUT2D eigenvalue weighted by Gasteiger charge is 2.21. The fraction of sp³-hybridized carbons (Fsp3) is 0.360. The van der Waals surface area contributed by atoms with E-state index in [-0.39, 0.29) is 5.91 Å². The number of rotatable bonds is 7. The summed E-state index contributed by atoms with van der Waals surface area (Å²) >= 11 is 0. The molecule has 1 aliphatic heterocycles. The Morgan fingerprint density at radius 2 is 2.03 bits per heavy atom. The van der Waals surface area contributed by atoms with Gasteiger partial charge in [-0.3, -0.25) is 4.79 Å². The lowest BCUT2D eigenvalue weighted by Gasteiger charge is -2.25. The van der Waals surface area contributed by atoms with Gasteiger partial charge < -0.3 is 21.3 Å². The molecule has 0 spiro atoms. The summed E-state index contributed by atoms with van der Waals surface area (Å²) in [5.41, 5.74) is 5.03. The van der Waals surface area contributed by atoms with E-state index < -0.39 is 0 Å². The van der Waals surface area contributed by atoms with Gasteiger partial charge in [-0.25, -0.2) is 9.97 Å². The molecule has 2 aromatic heterocycles. The molecule has 33 heavy (non-hydrogen) atoms. The minimum Gasteiger partial charge on any atom is -0.352 e. The number of pyridine rings is 1. The number of amides is 1. The third-order valence-electron chi connectivity index (χ3n) is 6.26. The Morgan fingerprint density at radius 3 is 2.85 bits per heavy atom. The summed E-state index contributed by atoms with van der Waals surface area (Å²) in [6.07, 6.45) is 6.20. The van der Waals surface area contributed by atoms with Crippen LogP contribution in [0.15, 0.2) is 42.6 Å². The molecule has 3 aromatic rings. The van der Waals surface area contributed by atoms with Gasteiger partial charge in [-0.05, 0) is 68.1 Å². The maximum atomic E-state index is 12.6. The third kappa shape index (κ3) is 4.80. The maximum Gasteiger partial charge on any atom is 0.256 e. The number of fused-ring (bicyclic) bond motifs is 1. The zero-order valence-corrected chi connectivity index (χ0v) is 18.8. The average molecular weight is 444 g/mol. The molecule has 8 nitrogen and oxygen atoms in total. The number of aromatic nitrogens is 3. The lowest BCUT2D eigenvalue weighted by molar-refractivity contribution is 0.0956. The molecule has 8 heteroatoms. The van der Waals surface area contributed by atoms with Crippen LogP contribution in [0.1, 0.15) is 59.3 Å². The van der Waals surface area contributed by atoms with Crippen molar-refractivity contribution in [2.45, 2.75) is 45.1 Å². The Morgan fingerprint density at radius 1 is 1.12 bits per heavy atom. The van der Waals surface area contributed by atoms with Crippen molar-refractivity contribution in [3.8, 4) is 0 Å². The SMILES string of the molecule is CCNC(=O)c1cnc(Nc2ccc3c(c2)CNCC3)nc1Nc1cccc(C2CCC2)n1. The molecule has 5 rings (SSSR count). The van der Waals surface area contributed by atoms with Crippen LogP contribution < -0.4 is 21.3 Å². The van der Waals surface area contributed by atoms with Crippen LogP contribution in [-0.4, -0.2) is 33.9 Å². The van der Waals surface area contributed by atoms with Crippen LogP contribution in [0, 0.1) is 0 Å². The molecular weight excluding hydrogens is 414 g/mol. The first kappa shape index (κ1) is 21.3. The lowest BCUT2D eigenvalue weighted by atomic mass is 9.83. The Labute approximate surface area is 193 Å². The quantitative estimate of drug-likeness (QED) is 0.437. The molecule has 1 fully saturated rings. The van der Waals surface area contributed by atoms with E-state index in [0.717, 1.165) is 30.9 Å². The first-order chi connectivity index (χ1) is 16.2. The molecule has 3 heterocycles. The zero-order valence-electron chi connectivity index (χ0n) is 18.8. The van der Waals surface area contributed by atoms with E-state index in [1.54, 1.807) is 6.20 Å². The molecule has 1 aliphatic carbocycles. The van der Waals surface area contributed by atoms with Crippen molar-refractivity contribution in [3.05, 3.63) is 65.0 Å². The minimum atomic E-state index is -0.221. The van der Waals surface area contributed by atoms with E-state index in [4.69, 9.17) is 4.98 Å². The number of anilines is 4. The van der Waals surface area contributed by atoms with E-state index in [2.05, 4.69) is 49.4 Å². The predicted octanol–water partition coefficient (Wildman–Crippen LogP) is 4.02. The molecule has 170 valence electrons. The monoisotopic (exact) mass is 443 g/mol. The van der Waals surface area contributed by atoms with Crippen LogP contribution in [0.2, 0.25) is 0 Å². The van der Waals surface area contributed by atoms with Crippen LogP contribution in [0.25, 0.3) is 0 Å². The number of nitrogens with one attached hydrogen (secondary N) is 4. The predicted molar refractivity (Wildman–Crippen MR) is 129 cm³/mol. The minimum absolute atomic E-state index is 0.221. The summed E-state index contributed by atoms with van der Waals surface area (Å²) in [5.74, 6) is 1.83. The second kappa shape index (κ2) is 9.54. The largest absolute Gasteiger partial charge is 0.352 e. The van der Waals surface area contributed by atoms with Crippen LogP contribution in [-0.2, 0) is 13.0 Å². The smallest absolute Gasteiger partial charge is 0.256 e. The fourth-order valence-electron chi connectivity index (χ4n) is 4.22. The Balaban J connectivity index is 1.42. The van der Waals surface area contributed by atoms with Gasteiger partial charge in [0.15, 0.2) is 0 Å². The van der Waals surface area contributed by atoms with Gasteiger partial charge in [-0.1, -0.05) is 18.6 Å². The number of carbonyl (C=O) groups is 1. The van der Waals surface area contributed by atoms with Crippen molar-refractivity contribution >= 4 is 29.2 Å². The summed E-state index contributed by atoms with van der Waals surface area (Å²) in [6.45, 7) is 4.28. The van der Waals surface area contributed by atoms with Gasteiger partial charge in [0.2, 0.25) is 5.95 Å². The molecule has 1 aromatic carbocycles. The van der Waals surface area contributed by atoms with Crippen molar-refractivity contribution in [1.82, 2.24) is 25.6 Å². The third-order valence-corrected chi connectivity index (χ3v) is 6.26. The summed E-state index contributed by atoms with van der Waals surface area (Å²) in [7, 11) is 0. The second-order valence-electron chi connectivity index (χ2n) is 8.55. The topological polar surface area (TPSA) is 104 Å². The molecule has 0 unspecified atom stereocenters. The van der Waals surface area contributed by atoms with Gasteiger partial charge in [0, 0.05) is 36.6 Å². The number of nitrogens with zero attached hydrogens (tertiary/aromatic N) is 3. The molecule has 4 N–H and O–H groups in total.